The summed E-state index contributed by atoms with van der Waals surface area (Å²) in [5, 5.41) is 3.05. The van der Waals surface area contributed by atoms with Crippen molar-refractivity contribution in [1.29, 1.82) is 0 Å². The van der Waals surface area contributed by atoms with E-state index in [9.17, 15) is 0 Å². The van der Waals surface area contributed by atoms with Crippen molar-refractivity contribution in [3.8, 4) is 22.3 Å². The van der Waals surface area contributed by atoms with E-state index < -0.39 is 8.07 Å². The lowest BCUT2D eigenvalue weighted by molar-refractivity contribution is 1.16. The Kier molecular flexibility index (Phi) is 8.04. The summed E-state index contributed by atoms with van der Waals surface area (Å²) in [5.41, 5.74) is 9.88. The molecule has 50 heavy (non-hydrogen) atoms. The second-order valence-corrected chi connectivity index (χ2v) is 20.9. The minimum Gasteiger partial charge on any atom is -0.309 e. The quantitative estimate of drug-likeness (QED) is 0.163. The molecule has 0 atom stereocenters. The molecule has 2 aliphatic rings. The van der Waals surface area contributed by atoms with Crippen molar-refractivity contribution in [3.63, 3.8) is 0 Å². The SMILES string of the molecule is Cc1cccc2c1Sc1c(N(c3ccc(-c4ccccc4)cc3)c3ccc(-c4cccc5c4Sc4ccccc4S5)cc3)cccc1[Si]2(C)C. The molecule has 2 heterocycles. The van der Waals surface area contributed by atoms with Crippen LogP contribution in [0.5, 0.6) is 0 Å². The van der Waals surface area contributed by atoms with Crippen LogP contribution in [0.1, 0.15) is 5.56 Å². The Bertz CT molecular complexity index is 2380. The third-order valence-electron chi connectivity index (χ3n) is 9.93. The van der Waals surface area contributed by atoms with E-state index in [1.54, 1.807) is 5.19 Å². The van der Waals surface area contributed by atoms with E-state index in [1.165, 1.54) is 68.1 Å². The summed E-state index contributed by atoms with van der Waals surface area (Å²) < 4.78 is 0. The molecule has 0 radical (unpaired) electrons. The second kappa shape index (κ2) is 12.7. The number of aryl methyl sites for hydroxylation is 1. The van der Waals surface area contributed by atoms with Gasteiger partial charge in [-0.05, 0) is 93.6 Å². The molecular weight excluding hydrogens is 679 g/mol. The van der Waals surface area contributed by atoms with Crippen LogP contribution in [0.15, 0.2) is 187 Å². The summed E-state index contributed by atoms with van der Waals surface area (Å²) in [7, 11) is -1.94. The number of hydrogen-bond acceptors (Lipinski definition) is 4. The second-order valence-electron chi connectivity index (χ2n) is 13.4. The molecule has 5 heteroatoms. The first kappa shape index (κ1) is 31.6. The highest BCUT2D eigenvalue weighted by Crippen LogP contribution is 2.52. The summed E-state index contributed by atoms with van der Waals surface area (Å²) in [6, 6.07) is 58.3. The molecule has 0 bridgehead atoms. The standard InChI is InChI=1S/C45H35NS3Si/c1-30-12-9-20-41-43(30)49-45-37(16-11-21-42(45)50(41,2)3)46(34-26-22-32(23-27-34)31-13-5-4-6-14-31)35-28-24-33(25-29-35)36-15-10-19-40-44(36)48-39-18-8-7-17-38(39)47-40/h4-29H,1-3H3. The molecule has 0 spiro atoms. The van der Waals surface area contributed by atoms with Crippen molar-refractivity contribution < 1.29 is 0 Å². The average molecular weight is 714 g/mol. The Morgan fingerprint density at radius 1 is 0.420 bits per heavy atom. The van der Waals surface area contributed by atoms with Crippen molar-refractivity contribution in [1.82, 2.24) is 0 Å². The maximum absolute atomic E-state index is 2.51. The van der Waals surface area contributed by atoms with Crippen LogP contribution in [0.25, 0.3) is 22.3 Å². The van der Waals surface area contributed by atoms with Gasteiger partial charge in [0.2, 0.25) is 0 Å². The van der Waals surface area contributed by atoms with E-state index in [2.05, 4.69) is 183 Å². The first-order valence-corrected chi connectivity index (χ1v) is 22.5. The van der Waals surface area contributed by atoms with Crippen LogP contribution in [0.4, 0.5) is 17.1 Å². The van der Waals surface area contributed by atoms with E-state index >= 15 is 0 Å². The molecule has 0 N–H and O–H groups in total. The van der Waals surface area contributed by atoms with Gasteiger partial charge in [0, 0.05) is 40.7 Å². The topological polar surface area (TPSA) is 3.24 Å². The Morgan fingerprint density at radius 3 is 1.70 bits per heavy atom. The van der Waals surface area contributed by atoms with Gasteiger partial charge in [-0.1, -0.05) is 158 Å². The van der Waals surface area contributed by atoms with Gasteiger partial charge in [0.1, 0.15) is 8.07 Å². The van der Waals surface area contributed by atoms with Crippen molar-refractivity contribution >= 4 is 70.8 Å². The maximum atomic E-state index is 2.51. The molecule has 0 fully saturated rings. The molecule has 0 amide bonds. The van der Waals surface area contributed by atoms with Crippen molar-refractivity contribution in [2.75, 3.05) is 4.90 Å². The van der Waals surface area contributed by atoms with Crippen molar-refractivity contribution in [2.45, 2.75) is 49.4 Å². The molecule has 0 unspecified atom stereocenters. The predicted molar refractivity (Wildman–Crippen MR) is 219 cm³/mol. The largest absolute Gasteiger partial charge is 0.309 e. The molecule has 0 saturated heterocycles. The van der Waals surface area contributed by atoms with Gasteiger partial charge in [0.15, 0.2) is 0 Å². The Morgan fingerprint density at radius 2 is 0.980 bits per heavy atom. The van der Waals surface area contributed by atoms with Gasteiger partial charge in [-0.15, -0.1) is 0 Å². The van der Waals surface area contributed by atoms with Crippen LogP contribution in [0.2, 0.25) is 13.1 Å². The van der Waals surface area contributed by atoms with E-state index in [4.69, 9.17) is 0 Å². The van der Waals surface area contributed by atoms with E-state index in [0.29, 0.717) is 0 Å². The monoisotopic (exact) mass is 713 g/mol. The number of anilines is 3. The van der Waals surface area contributed by atoms with Crippen LogP contribution in [0, 0.1) is 6.92 Å². The van der Waals surface area contributed by atoms with Crippen LogP contribution in [-0.4, -0.2) is 8.07 Å². The first-order valence-electron chi connectivity index (χ1n) is 17.0. The van der Waals surface area contributed by atoms with Crippen molar-refractivity contribution in [3.05, 3.63) is 163 Å². The molecule has 7 aromatic rings. The molecule has 0 saturated carbocycles. The third-order valence-corrected chi connectivity index (χ3v) is 17.8. The van der Waals surface area contributed by atoms with Gasteiger partial charge in [-0.2, -0.15) is 0 Å². The maximum Gasteiger partial charge on any atom is 0.115 e. The van der Waals surface area contributed by atoms with Crippen LogP contribution >= 0.6 is 35.3 Å². The molecule has 0 aromatic heterocycles. The number of nitrogens with zero attached hydrogens (tertiary/aromatic N) is 1. The van der Waals surface area contributed by atoms with Gasteiger partial charge >= 0.3 is 0 Å². The fourth-order valence-corrected chi connectivity index (χ4v) is 15.3. The normalized spacial score (nSPS) is 13.8. The molecule has 1 nitrogen and oxygen atoms in total. The smallest absolute Gasteiger partial charge is 0.115 e. The lowest BCUT2D eigenvalue weighted by Gasteiger charge is -2.37. The van der Waals surface area contributed by atoms with E-state index in [0.717, 1.165) is 11.4 Å². The molecule has 7 aromatic carbocycles. The number of hydrogen-bond donors (Lipinski definition) is 0. The fourth-order valence-electron chi connectivity index (χ4n) is 7.25. The third kappa shape index (κ3) is 5.44. The summed E-state index contributed by atoms with van der Waals surface area (Å²) in [6.07, 6.45) is 0. The lowest BCUT2D eigenvalue weighted by Crippen LogP contribution is -2.56. The molecule has 2 aliphatic heterocycles. The number of fused-ring (bicyclic) bond motifs is 4. The van der Waals surface area contributed by atoms with E-state index in [-0.39, 0.29) is 0 Å². The Hall–Kier alpha value is -4.39. The number of benzene rings is 7. The minimum atomic E-state index is -1.94. The summed E-state index contributed by atoms with van der Waals surface area (Å²) in [4.78, 5) is 10.6. The highest BCUT2D eigenvalue weighted by atomic mass is 32.2. The van der Waals surface area contributed by atoms with Crippen molar-refractivity contribution in [2.24, 2.45) is 0 Å². The molecule has 0 aliphatic carbocycles. The van der Waals surface area contributed by atoms with Crippen LogP contribution in [-0.2, 0) is 0 Å². The highest BCUT2D eigenvalue weighted by molar-refractivity contribution is 8.05. The number of rotatable bonds is 5. The summed E-state index contributed by atoms with van der Waals surface area (Å²) >= 11 is 5.72. The van der Waals surface area contributed by atoms with Gasteiger partial charge in [-0.25, -0.2) is 0 Å². The zero-order valence-corrected chi connectivity index (χ0v) is 31.6. The zero-order valence-electron chi connectivity index (χ0n) is 28.2. The van der Waals surface area contributed by atoms with E-state index in [1.807, 2.05) is 35.3 Å². The van der Waals surface area contributed by atoms with Gasteiger partial charge < -0.3 is 4.90 Å². The Balaban J connectivity index is 1.16. The minimum absolute atomic E-state index is 1.15. The fraction of sp³-hybridized carbons (Fsp3) is 0.0667. The predicted octanol–water partition coefficient (Wildman–Crippen LogP) is 12.7. The molecule has 242 valence electrons. The lowest BCUT2D eigenvalue weighted by atomic mass is 10.0. The van der Waals surface area contributed by atoms with Gasteiger partial charge in [0.25, 0.3) is 0 Å². The summed E-state index contributed by atoms with van der Waals surface area (Å²) in [5.74, 6) is 0. The first-order chi connectivity index (χ1) is 24.5. The molecular formula is C45H35NS3Si. The average Bonchev–Trinajstić information content (AvgIpc) is 3.15. The molecule has 9 rings (SSSR count). The highest BCUT2D eigenvalue weighted by Gasteiger charge is 2.37. The Labute approximate surface area is 308 Å². The van der Waals surface area contributed by atoms with Crippen LogP contribution in [0.3, 0.4) is 0 Å². The van der Waals surface area contributed by atoms with Gasteiger partial charge in [-0.3, -0.25) is 0 Å². The zero-order chi connectivity index (χ0) is 33.8. The van der Waals surface area contributed by atoms with Gasteiger partial charge in [0.05, 0.1) is 5.69 Å². The van der Waals surface area contributed by atoms with Crippen LogP contribution < -0.4 is 15.3 Å². The summed E-state index contributed by atoms with van der Waals surface area (Å²) in [6.45, 7) is 7.29.